The van der Waals surface area contributed by atoms with Crippen LogP contribution in [0.1, 0.15) is 15.2 Å². The molecule has 106 valence electrons. The number of carbonyl (C=O) groups excluding carboxylic acids is 1. The molecule has 0 aliphatic carbocycles. The Morgan fingerprint density at radius 3 is 2.55 bits per heavy atom. The fraction of sp³-hybridized carbons (Fsp3) is 0.0833. The largest absolute Gasteiger partial charge is 0.321 e. The summed E-state index contributed by atoms with van der Waals surface area (Å²) < 4.78 is 23.7. The predicted octanol–water partition coefficient (Wildman–Crippen LogP) is 2.72. The molecule has 1 heterocycles. The Balaban J connectivity index is 2.29. The van der Waals surface area contributed by atoms with Crippen LogP contribution in [0.4, 0.5) is 5.69 Å². The number of thiophene rings is 1. The first-order chi connectivity index (χ1) is 9.27. The number of halogens is 1. The summed E-state index contributed by atoms with van der Waals surface area (Å²) >= 11 is 4.57. The number of hydrogen-bond donors (Lipinski definition) is 2. The second-order valence-electron chi connectivity index (χ2n) is 4.08. The second kappa shape index (κ2) is 5.65. The van der Waals surface area contributed by atoms with E-state index < -0.39 is 10.0 Å². The molecule has 5 nitrogen and oxygen atoms in total. The summed E-state index contributed by atoms with van der Waals surface area (Å²) in [4.78, 5) is 12.5. The lowest BCUT2D eigenvalue weighted by Gasteiger charge is -2.08. The Morgan fingerprint density at radius 1 is 1.30 bits per heavy atom. The number of aryl methyl sites for hydroxylation is 1. The summed E-state index contributed by atoms with van der Waals surface area (Å²) in [6.07, 6.45) is 0. The highest BCUT2D eigenvalue weighted by molar-refractivity contribution is 9.11. The lowest BCUT2D eigenvalue weighted by Crippen LogP contribution is -2.15. The Hall–Kier alpha value is -1.22. The average molecular weight is 375 g/mol. The van der Waals surface area contributed by atoms with E-state index in [1.165, 1.54) is 17.4 Å². The molecule has 2 rings (SSSR count). The Kier molecular flexibility index (Phi) is 4.28. The van der Waals surface area contributed by atoms with Gasteiger partial charge in [0.25, 0.3) is 5.91 Å². The Morgan fingerprint density at radius 2 is 2.00 bits per heavy atom. The fourth-order valence-corrected chi connectivity index (χ4v) is 3.70. The number of anilines is 1. The highest BCUT2D eigenvalue weighted by Gasteiger charge is 2.14. The lowest BCUT2D eigenvalue weighted by molar-refractivity contribution is 0.103. The van der Waals surface area contributed by atoms with Crippen molar-refractivity contribution in [2.75, 3.05) is 5.32 Å². The van der Waals surface area contributed by atoms with Crippen molar-refractivity contribution in [2.24, 2.45) is 5.14 Å². The van der Waals surface area contributed by atoms with E-state index in [1.807, 2.05) is 0 Å². The summed E-state index contributed by atoms with van der Waals surface area (Å²) in [7, 11) is -3.81. The SMILES string of the molecule is Cc1ccc(NC(=O)c2ccc(Br)s2)cc1S(N)(=O)=O. The van der Waals surface area contributed by atoms with Gasteiger partial charge in [0.15, 0.2) is 0 Å². The summed E-state index contributed by atoms with van der Waals surface area (Å²) in [5.41, 5.74) is 0.915. The van der Waals surface area contributed by atoms with Gasteiger partial charge < -0.3 is 5.32 Å². The van der Waals surface area contributed by atoms with Gasteiger partial charge in [0.2, 0.25) is 10.0 Å². The molecule has 2 aromatic rings. The second-order valence-corrected chi connectivity index (χ2v) is 8.08. The maximum absolute atomic E-state index is 12.0. The highest BCUT2D eigenvalue weighted by atomic mass is 79.9. The van der Waals surface area contributed by atoms with Crippen LogP contribution in [-0.4, -0.2) is 14.3 Å². The average Bonchev–Trinajstić information content (AvgIpc) is 2.77. The Bertz CT molecular complexity index is 769. The molecule has 3 N–H and O–H groups in total. The van der Waals surface area contributed by atoms with E-state index in [1.54, 1.807) is 31.2 Å². The van der Waals surface area contributed by atoms with E-state index in [0.29, 0.717) is 16.1 Å². The van der Waals surface area contributed by atoms with Crippen LogP contribution >= 0.6 is 27.3 Å². The third-order valence-electron chi connectivity index (χ3n) is 2.55. The molecule has 0 aliphatic rings. The number of carbonyl (C=O) groups is 1. The molecule has 1 aromatic heterocycles. The molecule has 0 unspecified atom stereocenters. The van der Waals surface area contributed by atoms with Crippen LogP contribution in [0.15, 0.2) is 39.0 Å². The minimum atomic E-state index is -3.81. The van der Waals surface area contributed by atoms with Crippen molar-refractivity contribution in [3.05, 3.63) is 44.6 Å². The van der Waals surface area contributed by atoms with Gasteiger partial charge in [-0.05, 0) is 52.7 Å². The summed E-state index contributed by atoms with van der Waals surface area (Å²) in [5.74, 6) is -0.301. The molecule has 1 amide bonds. The number of hydrogen-bond acceptors (Lipinski definition) is 4. The number of benzene rings is 1. The topological polar surface area (TPSA) is 89.3 Å². The monoisotopic (exact) mass is 374 g/mol. The molecule has 0 fully saturated rings. The number of sulfonamides is 1. The molecule has 0 radical (unpaired) electrons. The molecule has 1 aromatic carbocycles. The molecule has 8 heteroatoms. The maximum Gasteiger partial charge on any atom is 0.265 e. The van der Waals surface area contributed by atoms with Crippen molar-refractivity contribution in [3.8, 4) is 0 Å². The number of primary sulfonamides is 1. The quantitative estimate of drug-likeness (QED) is 0.865. The summed E-state index contributed by atoms with van der Waals surface area (Å²) in [5, 5.41) is 7.77. The van der Waals surface area contributed by atoms with Gasteiger partial charge >= 0.3 is 0 Å². The van der Waals surface area contributed by atoms with Gasteiger partial charge in [-0.15, -0.1) is 11.3 Å². The van der Waals surface area contributed by atoms with Gasteiger partial charge in [-0.3, -0.25) is 4.79 Å². The maximum atomic E-state index is 12.0. The minimum Gasteiger partial charge on any atom is -0.321 e. The van der Waals surface area contributed by atoms with Crippen LogP contribution in [-0.2, 0) is 10.0 Å². The van der Waals surface area contributed by atoms with Crippen molar-refractivity contribution < 1.29 is 13.2 Å². The zero-order chi connectivity index (χ0) is 14.9. The molecule has 0 bridgehead atoms. The van der Waals surface area contributed by atoms with E-state index in [0.717, 1.165) is 3.79 Å². The molecular weight excluding hydrogens is 364 g/mol. The van der Waals surface area contributed by atoms with E-state index >= 15 is 0 Å². The van der Waals surface area contributed by atoms with Crippen molar-refractivity contribution >= 4 is 48.9 Å². The first-order valence-electron chi connectivity index (χ1n) is 5.47. The molecule has 0 saturated heterocycles. The smallest absolute Gasteiger partial charge is 0.265 e. The highest BCUT2D eigenvalue weighted by Crippen LogP contribution is 2.24. The van der Waals surface area contributed by atoms with Crippen LogP contribution in [0.5, 0.6) is 0 Å². The molecule has 0 aliphatic heterocycles. The third-order valence-corrected chi connectivity index (χ3v) is 5.22. The van der Waals surface area contributed by atoms with Crippen molar-refractivity contribution in [1.29, 1.82) is 0 Å². The van der Waals surface area contributed by atoms with E-state index in [4.69, 9.17) is 5.14 Å². The lowest BCUT2D eigenvalue weighted by atomic mass is 10.2. The van der Waals surface area contributed by atoms with Crippen LogP contribution in [0.3, 0.4) is 0 Å². The molecule has 0 atom stereocenters. The van der Waals surface area contributed by atoms with Crippen LogP contribution in [0.2, 0.25) is 0 Å². The molecule has 20 heavy (non-hydrogen) atoms. The van der Waals surface area contributed by atoms with Crippen LogP contribution < -0.4 is 10.5 Å². The first kappa shape index (κ1) is 15.2. The fourth-order valence-electron chi connectivity index (χ4n) is 1.61. The van der Waals surface area contributed by atoms with E-state index in [-0.39, 0.29) is 10.8 Å². The van der Waals surface area contributed by atoms with Crippen LogP contribution in [0.25, 0.3) is 0 Å². The van der Waals surface area contributed by atoms with Gasteiger partial charge in [-0.25, -0.2) is 13.6 Å². The zero-order valence-electron chi connectivity index (χ0n) is 10.4. The minimum absolute atomic E-state index is 0.00246. The number of nitrogens with one attached hydrogen (secondary N) is 1. The number of amides is 1. The molecule has 0 spiro atoms. The normalized spacial score (nSPS) is 11.3. The van der Waals surface area contributed by atoms with E-state index in [9.17, 15) is 13.2 Å². The van der Waals surface area contributed by atoms with Gasteiger partial charge in [-0.1, -0.05) is 6.07 Å². The predicted molar refractivity (Wildman–Crippen MR) is 82.5 cm³/mol. The summed E-state index contributed by atoms with van der Waals surface area (Å²) in [6.45, 7) is 1.64. The number of nitrogens with two attached hydrogens (primary N) is 1. The Labute approximate surface area is 129 Å². The van der Waals surface area contributed by atoms with Crippen molar-refractivity contribution in [1.82, 2.24) is 0 Å². The number of rotatable bonds is 3. The van der Waals surface area contributed by atoms with Gasteiger partial charge in [-0.2, -0.15) is 0 Å². The summed E-state index contributed by atoms with van der Waals surface area (Å²) in [6, 6.07) is 8.03. The molecular formula is C12H11BrN2O3S2. The van der Waals surface area contributed by atoms with E-state index in [2.05, 4.69) is 21.2 Å². The first-order valence-corrected chi connectivity index (χ1v) is 8.63. The van der Waals surface area contributed by atoms with Gasteiger partial charge in [0.05, 0.1) is 13.6 Å². The van der Waals surface area contributed by atoms with Crippen molar-refractivity contribution in [2.45, 2.75) is 11.8 Å². The third kappa shape index (κ3) is 3.45. The van der Waals surface area contributed by atoms with Crippen LogP contribution in [0, 0.1) is 6.92 Å². The van der Waals surface area contributed by atoms with Gasteiger partial charge in [0, 0.05) is 5.69 Å². The van der Waals surface area contributed by atoms with Gasteiger partial charge in [0.1, 0.15) is 0 Å². The van der Waals surface area contributed by atoms with Crippen molar-refractivity contribution in [3.63, 3.8) is 0 Å². The zero-order valence-corrected chi connectivity index (χ0v) is 13.6. The molecule has 0 saturated carbocycles. The standard InChI is InChI=1S/C12H11BrN2O3S2/c1-7-2-3-8(6-10(7)20(14,17)18)15-12(16)9-4-5-11(13)19-9/h2-6H,1H3,(H,15,16)(H2,14,17,18).